The van der Waals surface area contributed by atoms with Crippen LogP contribution in [-0.2, 0) is 0 Å². The fourth-order valence-corrected chi connectivity index (χ4v) is 3.34. The largest absolute Gasteiger partial charge is 0.457 e. The van der Waals surface area contributed by atoms with Gasteiger partial charge in [-0.05, 0) is 43.2 Å². The number of aromatic nitrogens is 2. The molecule has 1 N–H and O–H groups in total. The van der Waals surface area contributed by atoms with Crippen LogP contribution < -0.4 is 4.74 Å². The molecule has 4 aromatic rings. The van der Waals surface area contributed by atoms with Crippen LogP contribution in [0.1, 0.15) is 25.8 Å². The molecule has 0 unspecified atom stereocenters. The molecule has 0 atom stereocenters. The number of aromatic amines is 1. The highest BCUT2D eigenvalue weighted by Gasteiger charge is 2.12. The van der Waals surface area contributed by atoms with E-state index < -0.39 is 0 Å². The van der Waals surface area contributed by atoms with E-state index in [4.69, 9.17) is 4.74 Å². The second-order valence-corrected chi connectivity index (χ2v) is 6.65. The number of nitrogens with one attached hydrogen (secondary N) is 1. The molecule has 2 heterocycles. The van der Waals surface area contributed by atoms with Crippen molar-refractivity contribution in [1.29, 1.82) is 0 Å². The Morgan fingerprint density at radius 2 is 1.90 bits per heavy atom. The number of benzene rings is 2. The molecule has 2 aromatic carbocycles. The summed E-state index contributed by atoms with van der Waals surface area (Å²) in [5.74, 6) is 1.61. The van der Waals surface area contributed by atoms with Crippen LogP contribution in [0.4, 0.5) is 0 Å². The van der Waals surface area contributed by atoms with Gasteiger partial charge in [0.05, 0.1) is 0 Å². The third-order valence-electron chi connectivity index (χ3n) is 4.81. The monoisotopic (exact) mass is 381 g/mol. The summed E-state index contributed by atoms with van der Waals surface area (Å²) in [6.07, 6.45) is 8.50. The highest BCUT2D eigenvalue weighted by atomic mass is 16.5. The number of para-hydroxylation sites is 2. The highest BCUT2D eigenvalue weighted by Crippen LogP contribution is 2.35. The number of H-pyrrole nitrogens is 1. The maximum absolute atomic E-state index is 6.14. The van der Waals surface area contributed by atoms with Gasteiger partial charge in [0.1, 0.15) is 17.1 Å². The number of nitrogens with zero attached hydrogens (tertiary/aromatic N) is 2. The van der Waals surface area contributed by atoms with Crippen LogP contribution in [-0.4, -0.2) is 16.2 Å². The second-order valence-electron chi connectivity index (χ2n) is 6.65. The van der Waals surface area contributed by atoms with Crippen molar-refractivity contribution in [2.24, 2.45) is 4.99 Å². The van der Waals surface area contributed by atoms with Crippen LogP contribution >= 0.6 is 0 Å². The van der Waals surface area contributed by atoms with E-state index in [0.717, 1.165) is 45.6 Å². The molecule has 4 nitrogen and oxygen atoms in total. The summed E-state index contributed by atoms with van der Waals surface area (Å²) in [6.45, 7) is 4.05. The fraction of sp³-hybridized carbons (Fsp3) is 0.120. The topological polar surface area (TPSA) is 50.3 Å². The molecule has 4 heteroatoms. The van der Waals surface area contributed by atoms with E-state index >= 15 is 0 Å². The Morgan fingerprint density at radius 1 is 1.10 bits per heavy atom. The van der Waals surface area contributed by atoms with E-state index in [-0.39, 0.29) is 0 Å². The summed E-state index contributed by atoms with van der Waals surface area (Å²) in [5.41, 5.74) is 5.18. The van der Waals surface area contributed by atoms with E-state index in [0.29, 0.717) is 0 Å². The van der Waals surface area contributed by atoms with Gasteiger partial charge in [0.2, 0.25) is 0 Å². The number of aliphatic imine (C=N–C) groups is 1. The zero-order valence-corrected chi connectivity index (χ0v) is 16.6. The molecule has 0 bridgehead atoms. The van der Waals surface area contributed by atoms with Gasteiger partial charge in [0.15, 0.2) is 0 Å². The van der Waals surface area contributed by atoms with Gasteiger partial charge in [-0.3, -0.25) is 4.99 Å². The van der Waals surface area contributed by atoms with Crippen LogP contribution in [0.2, 0.25) is 0 Å². The third-order valence-corrected chi connectivity index (χ3v) is 4.81. The molecular formula is C25H23N3O. The van der Waals surface area contributed by atoms with Gasteiger partial charge >= 0.3 is 0 Å². The summed E-state index contributed by atoms with van der Waals surface area (Å²) < 4.78 is 6.14. The smallest absolute Gasteiger partial charge is 0.137 e. The molecule has 0 spiro atoms. The fourth-order valence-electron chi connectivity index (χ4n) is 3.34. The van der Waals surface area contributed by atoms with E-state index in [1.54, 1.807) is 6.21 Å². The minimum Gasteiger partial charge on any atom is -0.457 e. The van der Waals surface area contributed by atoms with Gasteiger partial charge in [-0.15, -0.1) is 0 Å². The van der Waals surface area contributed by atoms with Crippen LogP contribution in [0.5, 0.6) is 11.5 Å². The SMILES string of the molecule is C/C=N\C=C(/CC)c1c[nH]c2ncc(-c3ccccc3Oc3ccccc3)cc12. The molecule has 0 aliphatic rings. The molecule has 0 saturated carbocycles. The average Bonchev–Trinajstić information content (AvgIpc) is 3.19. The molecule has 0 fully saturated rings. The molecule has 144 valence electrons. The Labute approximate surface area is 170 Å². The minimum absolute atomic E-state index is 0.804. The normalized spacial score (nSPS) is 12.0. The summed E-state index contributed by atoms with van der Waals surface area (Å²) >= 11 is 0. The molecule has 4 rings (SSSR count). The second kappa shape index (κ2) is 8.57. The summed E-state index contributed by atoms with van der Waals surface area (Å²) in [5, 5.41) is 1.08. The quantitative estimate of drug-likeness (QED) is 0.371. The summed E-state index contributed by atoms with van der Waals surface area (Å²) in [7, 11) is 0. The van der Waals surface area contributed by atoms with Crippen molar-refractivity contribution < 1.29 is 4.74 Å². The van der Waals surface area contributed by atoms with Crippen LogP contribution in [0.3, 0.4) is 0 Å². The van der Waals surface area contributed by atoms with Gasteiger partial charge in [-0.25, -0.2) is 4.98 Å². The van der Waals surface area contributed by atoms with Crippen molar-refractivity contribution in [2.45, 2.75) is 20.3 Å². The number of pyridine rings is 1. The Bertz CT molecular complexity index is 1170. The van der Waals surface area contributed by atoms with Crippen molar-refractivity contribution in [3.8, 4) is 22.6 Å². The predicted octanol–water partition coefficient (Wildman–Crippen LogP) is 6.86. The molecule has 0 amide bonds. The third kappa shape index (κ3) is 3.97. The Balaban J connectivity index is 1.79. The van der Waals surface area contributed by atoms with E-state index in [1.807, 2.05) is 74.0 Å². The molecule has 29 heavy (non-hydrogen) atoms. The number of allylic oxidation sites excluding steroid dienone is 1. The van der Waals surface area contributed by atoms with E-state index in [9.17, 15) is 0 Å². The zero-order chi connectivity index (χ0) is 20.1. The van der Waals surface area contributed by atoms with Crippen molar-refractivity contribution >= 4 is 22.8 Å². The number of rotatable bonds is 6. The van der Waals surface area contributed by atoms with Crippen LogP contribution in [0.15, 0.2) is 84.2 Å². The van der Waals surface area contributed by atoms with Gasteiger partial charge in [-0.2, -0.15) is 0 Å². The zero-order valence-electron chi connectivity index (χ0n) is 16.6. The molecular weight excluding hydrogens is 358 g/mol. The lowest BCUT2D eigenvalue weighted by molar-refractivity contribution is 0.484. The molecule has 0 aliphatic carbocycles. The standard InChI is InChI=1S/C25H23N3O/c1-3-18(15-26-4-2)23-17-28-25-22(23)14-19(16-27-25)21-12-8-9-13-24(21)29-20-10-6-5-7-11-20/h4-17H,3H2,1-2H3,(H,27,28)/b18-15+,26-4-. The first kappa shape index (κ1) is 18.7. The minimum atomic E-state index is 0.804. The van der Waals surface area contributed by atoms with E-state index in [2.05, 4.69) is 34.0 Å². The van der Waals surface area contributed by atoms with Crippen molar-refractivity contribution in [1.82, 2.24) is 9.97 Å². The van der Waals surface area contributed by atoms with Gasteiger partial charge in [0, 0.05) is 46.9 Å². The molecule has 2 aromatic heterocycles. The van der Waals surface area contributed by atoms with Crippen LogP contribution in [0.25, 0.3) is 27.7 Å². The number of hydrogen-bond donors (Lipinski definition) is 1. The number of hydrogen-bond acceptors (Lipinski definition) is 3. The highest BCUT2D eigenvalue weighted by molar-refractivity contribution is 5.93. The van der Waals surface area contributed by atoms with Gasteiger partial charge in [0.25, 0.3) is 0 Å². The van der Waals surface area contributed by atoms with Gasteiger partial charge < -0.3 is 9.72 Å². The molecule has 0 saturated heterocycles. The number of ether oxygens (including phenoxy) is 1. The van der Waals surface area contributed by atoms with E-state index in [1.165, 1.54) is 5.57 Å². The molecule has 0 radical (unpaired) electrons. The Morgan fingerprint density at radius 3 is 2.69 bits per heavy atom. The Hall–Kier alpha value is -3.66. The maximum Gasteiger partial charge on any atom is 0.137 e. The lowest BCUT2D eigenvalue weighted by Gasteiger charge is -2.11. The van der Waals surface area contributed by atoms with Crippen molar-refractivity contribution in [3.63, 3.8) is 0 Å². The lowest BCUT2D eigenvalue weighted by Crippen LogP contribution is -1.89. The maximum atomic E-state index is 6.14. The van der Waals surface area contributed by atoms with Crippen molar-refractivity contribution in [2.75, 3.05) is 0 Å². The molecule has 0 aliphatic heterocycles. The van der Waals surface area contributed by atoms with Crippen LogP contribution in [0, 0.1) is 0 Å². The van der Waals surface area contributed by atoms with Crippen molar-refractivity contribution in [3.05, 3.63) is 84.8 Å². The predicted molar refractivity (Wildman–Crippen MR) is 120 cm³/mol. The average molecular weight is 381 g/mol. The summed E-state index contributed by atoms with van der Waals surface area (Å²) in [4.78, 5) is 12.2. The first-order valence-corrected chi connectivity index (χ1v) is 9.76. The lowest BCUT2D eigenvalue weighted by atomic mass is 10.0. The van der Waals surface area contributed by atoms with Gasteiger partial charge in [-0.1, -0.05) is 43.3 Å². The number of fused-ring (bicyclic) bond motifs is 1. The summed E-state index contributed by atoms with van der Waals surface area (Å²) in [6, 6.07) is 20.0. The first-order valence-electron chi connectivity index (χ1n) is 9.76. The first-order chi connectivity index (χ1) is 14.3. The Kier molecular flexibility index (Phi) is 5.52.